The van der Waals surface area contributed by atoms with E-state index < -0.39 is 0 Å². The summed E-state index contributed by atoms with van der Waals surface area (Å²) in [5.74, 6) is 0.919. The third-order valence-electron chi connectivity index (χ3n) is 3.83. The van der Waals surface area contributed by atoms with Gasteiger partial charge < -0.3 is 5.32 Å². The van der Waals surface area contributed by atoms with Gasteiger partial charge in [-0.1, -0.05) is 60.7 Å². The van der Waals surface area contributed by atoms with E-state index >= 15 is 0 Å². The van der Waals surface area contributed by atoms with Crippen LogP contribution in [0.25, 0.3) is 0 Å². The summed E-state index contributed by atoms with van der Waals surface area (Å²) < 4.78 is 0. The number of hydrogen-bond acceptors (Lipinski definition) is 1. The molecule has 1 unspecified atom stereocenters. The highest BCUT2D eigenvalue weighted by molar-refractivity contribution is 5.23. The van der Waals surface area contributed by atoms with Gasteiger partial charge in [-0.05, 0) is 42.9 Å². The monoisotopic (exact) mass is 251 g/mol. The zero-order valence-electron chi connectivity index (χ0n) is 11.3. The van der Waals surface area contributed by atoms with Gasteiger partial charge in [-0.25, -0.2) is 0 Å². The minimum Gasteiger partial charge on any atom is -0.309 e. The molecule has 1 aliphatic rings. The topological polar surface area (TPSA) is 12.0 Å². The fourth-order valence-corrected chi connectivity index (χ4v) is 2.47. The maximum Gasteiger partial charge on any atom is 0.0360 e. The van der Waals surface area contributed by atoms with E-state index in [1.807, 2.05) is 0 Å². The van der Waals surface area contributed by atoms with Crippen molar-refractivity contribution in [2.24, 2.45) is 5.92 Å². The molecule has 0 radical (unpaired) electrons. The molecular weight excluding hydrogens is 230 g/mol. The van der Waals surface area contributed by atoms with Crippen molar-refractivity contribution in [3.8, 4) is 0 Å². The Kier molecular flexibility index (Phi) is 3.95. The van der Waals surface area contributed by atoms with Gasteiger partial charge in [-0.15, -0.1) is 0 Å². The highest BCUT2D eigenvalue weighted by atomic mass is 14.9. The van der Waals surface area contributed by atoms with Crippen LogP contribution in [0.3, 0.4) is 0 Å². The minimum atomic E-state index is 0.434. The van der Waals surface area contributed by atoms with Crippen molar-refractivity contribution in [3.63, 3.8) is 0 Å². The van der Waals surface area contributed by atoms with Gasteiger partial charge in [0.05, 0.1) is 0 Å². The first-order valence-electron chi connectivity index (χ1n) is 7.24. The standard InChI is InChI=1S/C18H21N/c1-3-7-15(8-4-1)13-18(19-14-16-11-12-16)17-9-5-2-6-10-17/h1-10,16,18-19H,11-14H2. The molecule has 0 bridgehead atoms. The highest BCUT2D eigenvalue weighted by Crippen LogP contribution is 2.29. The fraction of sp³-hybridized carbons (Fsp3) is 0.333. The summed E-state index contributed by atoms with van der Waals surface area (Å²) >= 11 is 0. The maximum atomic E-state index is 3.75. The third kappa shape index (κ3) is 3.68. The van der Waals surface area contributed by atoms with Crippen LogP contribution >= 0.6 is 0 Å². The summed E-state index contributed by atoms with van der Waals surface area (Å²) in [4.78, 5) is 0. The molecule has 1 saturated carbocycles. The third-order valence-corrected chi connectivity index (χ3v) is 3.83. The van der Waals surface area contributed by atoms with E-state index in [1.54, 1.807) is 0 Å². The van der Waals surface area contributed by atoms with Crippen molar-refractivity contribution < 1.29 is 0 Å². The number of hydrogen-bond donors (Lipinski definition) is 1. The second-order valence-electron chi connectivity index (χ2n) is 5.50. The van der Waals surface area contributed by atoms with Crippen LogP contribution in [0, 0.1) is 5.92 Å². The molecule has 1 nitrogen and oxygen atoms in total. The first-order valence-corrected chi connectivity index (χ1v) is 7.24. The van der Waals surface area contributed by atoms with Gasteiger partial charge in [0, 0.05) is 6.04 Å². The van der Waals surface area contributed by atoms with Crippen LogP contribution in [0.1, 0.15) is 30.0 Å². The Morgan fingerprint density at radius 1 is 0.895 bits per heavy atom. The van der Waals surface area contributed by atoms with Crippen molar-refractivity contribution in [1.29, 1.82) is 0 Å². The van der Waals surface area contributed by atoms with Gasteiger partial charge in [0.15, 0.2) is 0 Å². The molecule has 0 aromatic heterocycles. The molecule has 98 valence electrons. The molecule has 19 heavy (non-hydrogen) atoms. The second kappa shape index (κ2) is 6.03. The van der Waals surface area contributed by atoms with E-state index in [9.17, 15) is 0 Å². The van der Waals surface area contributed by atoms with Gasteiger partial charge in [-0.2, -0.15) is 0 Å². The smallest absolute Gasteiger partial charge is 0.0360 e. The normalized spacial score (nSPS) is 16.2. The summed E-state index contributed by atoms with van der Waals surface area (Å²) in [6, 6.07) is 22.0. The quantitative estimate of drug-likeness (QED) is 0.819. The van der Waals surface area contributed by atoms with E-state index in [-0.39, 0.29) is 0 Å². The predicted octanol–water partition coefficient (Wildman–Crippen LogP) is 3.97. The van der Waals surface area contributed by atoms with E-state index in [0.717, 1.165) is 18.9 Å². The van der Waals surface area contributed by atoms with Crippen molar-refractivity contribution in [1.82, 2.24) is 5.32 Å². The molecule has 1 atom stereocenters. The summed E-state index contributed by atoms with van der Waals surface area (Å²) in [5.41, 5.74) is 2.80. The number of rotatable bonds is 6. The molecule has 0 spiro atoms. The Balaban J connectivity index is 1.71. The van der Waals surface area contributed by atoms with Crippen LogP contribution in [0.15, 0.2) is 60.7 Å². The molecule has 2 aromatic rings. The van der Waals surface area contributed by atoms with Crippen LogP contribution in [0.5, 0.6) is 0 Å². The molecule has 1 aliphatic carbocycles. The van der Waals surface area contributed by atoms with Crippen LogP contribution in [-0.2, 0) is 6.42 Å². The molecule has 1 heteroatoms. The Hall–Kier alpha value is -1.60. The van der Waals surface area contributed by atoms with Gasteiger partial charge >= 0.3 is 0 Å². The van der Waals surface area contributed by atoms with Gasteiger partial charge in [-0.3, -0.25) is 0 Å². The lowest BCUT2D eigenvalue weighted by atomic mass is 9.99. The number of nitrogens with one attached hydrogen (secondary N) is 1. The maximum absolute atomic E-state index is 3.75. The van der Waals surface area contributed by atoms with Crippen molar-refractivity contribution in [2.75, 3.05) is 6.54 Å². The van der Waals surface area contributed by atoms with Crippen molar-refractivity contribution in [2.45, 2.75) is 25.3 Å². The van der Waals surface area contributed by atoms with E-state index in [1.165, 1.54) is 24.0 Å². The summed E-state index contributed by atoms with van der Waals surface area (Å²) in [5, 5.41) is 3.75. The van der Waals surface area contributed by atoms with Crippen molar-refractivity contribution >= 4 is 0 Å². The molecule has 1 fully saturated rings. The molecular formula is C18H21N. The Morgan fingerprint density at radius 3 is 2.16 bits per heavy atom. The fourth-order valence-electron chi connectivity index (χ4n) is 2.47. The van der Waals surface area contributed by atoms with Gasteiger partial charge in [0.1, 0.15) is 0 Å². The van der Waals surface area contributed by atoms with E-state index in [0.29, 0.717) is 6.04 Å². The first-order chi connectivity index (χ1) is 9.42. The molecule has 0 saturated heterocycles. The van der Waals surface area contributed by atoms with Crippen LogP contribution in [0.2, 0.25) is 0 Å². The molecule has 3 rings (SSSR count). The van der Waals surface area contributed by atoms with Gasteiger partial charge in [0.25, 0.3) is 0 Å². The molecule has 2 aromatic carbocycles. The summed E-state index contributed by atoms with van der Waals surface area (Å²) in [6.45, 7) is 1.16. The molecule has 0 heterocycles. The van der Waals surface area contributed by atoms with Crippen LogP contribution in [0.4, 0.5) is 0 Å². The lowest BCUT2D eigenvalue weighted by molar-refractivity contribution is 0.512. The zero-order chi connectivity index (χ0) is 12.9. The Bertz CT molecular complexity index is 488. The van der Waals surface area contributed by atoms with Crippen LogP contribution in [-0.4, -0.2) is 6.54 Å². The predicted molar refractivity (Wildman–Crippen MR) is 80.1 cm³/mol. The minimum absolute atomic E-state index is 0.434. The van der Waals surface area contributed by atoms with Crippen molar-refractivity contribution in [3.05, 3.63) is 71.8 Å². The lowest BCUT2D eigenvalue weighted by Gasteiger charge is -2.19. The van der Waals surface area contributed by atoms with Crippen LogP contribution < -0.4 is 5.32 Å². The SMILES string of the molecule is c1ccc(CC(NCC2CC2)c2ccccc2)cc1. The number of benzene rings is 2. The molecule has 0 amide bonds. The summed E-state index contributed by atoms with van der Waals surface area (Å²) in [7, 11) is 0. The Morgan fingerprint density at radius 2 is 1.53 bits per heavy atom. The molecule has 0 aliphatic heterocycles. The van der Waals surface area contributed by atoms with E-state index in [4.69, 9.17) is 0 Å². The second-order valence-corrected chi connectivity index (χ2v) is 5.50. The van der Waals surface area contributed by atoms with Gasteiger partial charge in [0.2, 0.25) is 0 Å². The summed E-state index contributed by atoms with van der Waals surface area (Å²) in [6.07, 6.45) is 3.87. The lowest BCUT2D eigenvalue weighted by Crippen LogP contribution is -2.25. The largest absolute Gasteiger partial charge is 0.309 e. The zero-order valence-corrected chi connectivity index (χ0v) is 11.3. The Labute approximate surface area is 115 Å². The average molecular weight is 251 g/mol. The van der Waals surface area contributed by atoms with E-state index in [2.05, 4.69) is 66.0 Å². The first kappa shape index (κ1) is 12.4. The highest BCUT2D eigenvalue weighted by Gasteiger charge is 2.22. The average Bonchev–Trinajstić information content (AvgIpc) is 3.30. The molecule has 1 N–H and O–H groups in total.